The third kappa shape index (κ3) is 2.66. The van der Waals surface area contributed by atoms with Crippen LogP contribution in [0.4, 0.5) is 0 Å². The van der Waals surface area contributed by atoms with Gasteiger partial charge in [-0.05, 0) is 11.4 Å². The third-order valence-corrected chi connectivity index (χ3v) is 3.84. The lowest BCUT2D eigenvalue weighted by molar-refractivity contribution is -0.136. The number of hydrogen-bond acceptors (Lipinski definition) is 6. The van der Waals surface area contributed by atoms with Gasteiger partial charge in [-0.15, -0.1) is 16.4 Å². The van der Waals surface area contributed by atoms with Gasteiger partial charge in [0.2, 0.25) is 5.91 Å². The summed E-state index contributed by atoms with van der Waals surface area (Å²) in [5, 5.41) is 5.92. The molecule has 3 heterocycles. The number of morpholine rings is 1. The first-order valence-electron chi connectivity index (χ1n) is 6.21. The number of rotatable bonds is 3. The molecule has 1 amide bonds. The second-order valence-corrected chi connectivity index (χ2v) is 5.25. The molecule has 0 N–H and O–H groups in total. The van der Waals surface area contributed by atoms with Crippen LogP contribution in [0.1, 0.15) is 0 Å². The molecule has 0 unspecified atom stereocenters. The summed E-state index contributed by atoms with van der Waals surface area (Å²) < 4.78 is 11.3. The van der Waals surface area contributed by atoms with Crippen LogP contribution >= 0.6 is 11.3 Å². The van der Waals surface area contributed by atoms with Crippen LogP contribution in [-0.4, -0.2) is 46.9 Å². The molecule has 0 spiro atoms. The van der Waals surface area contributed by atoms with Crippen LogP contribution in [-0.2, 0) is 16.1 Å². The molecule has 7 nitrogen and oxygen atoms in total. The van der Waals surface area contributed by atoms with Crippen LogP contribution in [0.2, 0.25) is 0 Å². The van der Waals surface area contributed by atoms with E-state index in [1.807, 2.05) is 17.5 Å². The highest BCUT2D eigenvalue weighted by Gasteiger charge is 2.20. The van der Waals surface area contributed by atoms with Gasteiger partial charge in [-0.2, -0.15) is 4.68 Å². The Morgan fingerprint density at radius 3 is 2.90 bits per heavy atom. The molecular formula is C12H13N3O4S. The Labute approximate surface area is 118 Å². The van der Waals surface area contributed by atoms with E-state index in [-0.39, 0.29) is 18.3 Å². The maximum atomic E-state index is 12.0. The lowest BCUT2D eigenvalue weighted by atomic mass is 10.4. The molecule has 2 aromatic heterocycles. The molecule has 1 saturated heterocycles. The van der Waals surface area contributed by atoms with E-state index in [4.69, 9.17) is 9.15 Å². The summed E-state index contributed by atoms with van der Waals surface area (Å²) in [5.74, 6) is -0.517. The van der Waals surface area contributed by atoms with Gasteiger partial charge in [-0.1, -0.05) is 6.07 Å². The number of carbonyl (C=O) groups is 1. The van der Waals surface area contributed by atoms with Crippen LogP contribution in [0.15, 0.2) is 26.7 Å². The molecule has 0 saturated carbocycles. The van der Waals surface area contributed by atoms with Gasteiger partial charge < -0.3 is 14.1 Å². The van der Waals surface area contributed by atoms with E-state index in [1.54, 1.807) is 4.90 Å². The maximum Gasteiger partial charge on any atom is 0.437 e. The molecule has 0 aliphatic carbocycles. The second kappa shape index (κ2) is 5.59. The Morgan fingerprint density at radius 1 is 1.40 bits per heavy atom. The molecule has 0 atom stereocenters. The van der Waals surface area contributed by atoms with Crippen molar-refractivity contribution in [3.05, 3.63) is 28.1 Å². The van der Waals surface area contributed by atoms with Gasteiger partial charge in [0.15, 0.2) is 0 Å². The van der Waals surface area contributed by atoms with E-state index in [2.05, 4.69) is 5.10 Å². The number of aromatic nitrogens is 2. The molecule has 1 fully saturated rings. The van der Waals surface area contributed by atoms with Crippen molar-refractivity contribution in [3.8, 4) is 10.8 Å². The third-order valence-electron chi connectivity index (χ3n) is 2.99. The van der Waals surface area contributed by atoms with Gasteiger partial charge in [0.05, 0.1) is 18.1 Å². The zero-order valence-corrected chi connectivity index (χ0v) is 11.5. The van der Waals surface area contributed by atoms with E-state index in [0.717, 1.165) is 9.56 Å². The Kier molecular flexibility index (Phi) is 3.66. The van der Waals surface area contributed by atoms with Gasteiger partial charge in [0.1, 0.15) is 6.54 Å². The molecule has 1 aliphatic heterocycles. The van der Waals surface area contributed by atoms with Crippen LogP contribution in [0.5, 0.6) is 0 Å². The van der Waals surface area contributed by atoms with Crippen molar-refractivity contribution in [1.29, 1.82) is 0 Å². The topological polar surface area (TPSA) is 77.6 Å². The van der Waals surface area contributed by atoms with Gasteiger partial charge >= 0.3 is 5.76 Å². The summed E-state index contributed by atoms with van der Waals surface area (Å²) >= 11 is 1.42. The van der Waals surface area contributed by atoms with Crippen molar-refractivity contribution in [1.82, 2.24) is 14.7 Å². The Balaban J connectivity index is 1.74. The van der Waals surface area contributed by atoms with E-state index in [0.29, 0.717) is 26.3 Å². The first-order chi connectivity index (χ1) is 9.74. The summed E-state index contributed by atoms with van der Waals surface area (Å²) in [4.78, 5) is 26.2. The van der Waals surface area contributed by atoms with E-state index in [1.165, 1.54) is 11.3 Å². The number of hydrogen-bond donors (Lipinski definition) is 0. The smallest absolute Gasteiger partial charge is 0.387 e. The molecule has 2 aromatic rings. The largest absolute Gasteiger partial charge is 0.437 e. The van der Waals surface area contributed by atoms with Crippen molar-refractivity contribution < 1.29 is 13.9 Å². The van der Waals surface area contributed by atoms with Gasteiger partial charge in [0, 0.05) is 13.1 Å². The van der Waals surface area contributed by atoms with Crippen molar-refractivity contribution in [2.45, 2.75) is 6.54 Å². The van der Waals surface area contributed by atoms with Crippen molar-refractivity contribution >= 4 is 17.2 Å². The predicted molar refractivity (Wildman–Crippen MR) is 71.5 cm³/mol. The normalized spacial score (nSPS) is 15.5. The molecule has 0 radical (unpaired) electrons. The highest BCUT2D eigenvalue weighted by molar-refractivity contribution is 7.13. The van der Waals surface area contributed by atoms with E-state index >= 15 is 0 Å². The average Bonchev–Trinajstić information content (AvgIpc) is 3.10. The quantitative estimate of drug-likeness (QED) is 0.820. The minimum Gasteiger partial charge on any atom is -0.387 e. The number of carbonyl (C=O) groups excluding carboxylic acids is 1. The summed E-state index contributed by atoms with van der Waals surface area (Å²) in [6.07, 6.45) is 0. The fraction of sp³-hybridized carbons (Fsp3) is 0.417. The average molecular weight is 295 g/mol. The van der Waals surface area contributed by atoms with E-state index in [9.17, 15) is 9.59 Å². The van der Waals surface area contributed by atoms with Crippen molar-refractivity contribution in [2.75, 3.05) is 26.3 Å². The SMILES string of the molecule is O=C(Cn1nc(-c2cccs2)oc1=O)N1CCOCC1. The minimum atomic E-state index is -0.616. The predicted octanol–water partition coefficient (Wildman–Crippen LogP) is 0.424. The van der Waals surface area contributed by atoms with Crippen LogP contribution in [0.3, 0.4) is 0 Å². The van der Waals surface area contributed by atoms with E-state index < -0.39 is 5.76 Å². The van der Waals surface area contributed by atoms with Crippen LogP contribution < -0.4 is 5.76 Å². The molecule has 1 aliphatic rings. The fourth-order valence-electron chi connectivity index (χ4n) is 1.95. The molecule has 106 valence electrons. The van der Waals surface area contributed by atoms with Crippen LogP contribution in [0, 0.1) is 0 Å². The summed E-state index contributed by atoms with van der Waals surface area (Å²) in [5.41, 5.74) is 0. The summed E-state index contributed by atoms with van der Waals surface area (Å²) in [6.45, 7) is 2.04. The zero-order chi connectivity index (χ0) is 13.9. The fourth-order valence-corrected chi connectivity index (χ4v) is 2.59. The summed E-state index contributed by atoms with van der Waals surface area (Å²) in [7, 11) is 0. The van der Waals surface area contributed by atoms with Crippen molar-refractivity contribution in [3.63, 3.8) is 0 Å². The molecule has 20 heavy (non-hydrogen) atoms. The molecule has 0 aromatic carbocycles. The Bertz CT molecular complexity index is 640. The lowest BCUT2D eigenvalue weighted by Gasteiger charge is -2.26. The number of amides is 1. The maximum absolute atomic E-state index is 12.0. The number of ether oxygens (including phenoxy) is 1. The highest BCUT2D eigenvalue weighted by Crippen LogP contribution is 2.20. The number of nitrogens with zero attached hydrogens (tertiary/aromatic N) is 3. The van der Waals surface area contributed by atoms with Gasteiger partial charge in [-0.25, -0.2) is 4.79 Å². The lowest BCUT2D eigenvalue weighted by Crippen LogP contribution is -2.43. The molecule has 0 bridgehead atoms. The van der Waals surface area contributed by atoms with Crippen LogP contribution in [0.25, 0.3) is 10.8 Å². The Morgan fingerprint density at radius 2 is 2.20 bits per heavy atom. The van der Waals surface area contributed by atoms with Gasteiger partial charge in [0.25, 0.3) is 5.89 Å². The molecular weight excluding hydrogens is 282 g/mol. The Hall–Kier alpha value is -1.93. The number of thiophene rings is 1. The molecule has 3 rings (SSSR count). The first-order valence-corrected chi connectivity index (χ1v) is 7.09. The molecule has 8 heteroatoms. The van der Waals surface area contributed by atoms with Crippen molar-refractivity contribution in [2.24, 2.45) is 0 Å². The summed E-state index contributed by atoms with van der Waals surface area (Å²) in [6, 6.07) is 3.65. The monoisotopic (exact) mass is 295 g/mol. The minimum absolute atomic E-state index is 0.103. The standard InChI is InChI=1S/C12H13N3O4S/c16-10(14-3-5-18-6-4-14)8-15-12(17)19-11(13-15)9-2-1-7-20-9/h1-2,7H,3-6,8H2. The highest BCUT2D eigenvalue weighted by atomic mass is 32.1. The van der Waals surface area contributed by atoms with Gasteiger partial charge in [-0.3, -0.25) is 4.79 Å². The first kappa shape index (κ1) is 13.1. The second-order valence-electron chi connectivity index (χ2n) is 4.30. The zero-order valence-electron chi connectivity index (χ0n) is 10.7.